The van der Waals surface area contributed by atoms with E-state index in [-0.39, 0.29) is 5.41 Å². The molecule has 2 aliphatic carbocycles. The Morgan fingerprint density at radius 3 is 2.24 bits per heavy atom. The molecule has 4 nitrogen and oxygen atoms in total. The molecule has 29 heavy (non-hydrogen) atoms. The molecule has 0 amide bonds. The predicted molar refractivity (Wildman–Crippen MR) is 116 cm³/mol. The minimum atomic E-state index is -0.214. The first-order valence-electron chi connectivity index (χ1n) is 10.3. The maximum absolute atomic E-state index is 5.17. The summed E-state index contributed by atoms with van der Waals surface area (Å²) in [5.74, 6) is 0.450. The number of hydrogen-bond donors (Lipinski definition) is 1. The Hall–Kier alpha value is -3.14. The summed E-state index contributed by atoms with van der Waals surface area (Å²) in [6.45, 7) is 0. The van der Waals surface area contributed by atoms with Crippen molar-refractivity contribution in [3.8, 4) is 0 Å². The van der Waals surface area contributed by atoms with Gasteiger partial charge in [-0.25, -0.2) is 0 Å². The summed E-state index contributed by atoms with van der Waals surface area (Å²) in [6, 6.07) is 21.4. The van der Waals surface area contributed by atoms with E-state index in [1.54, 1.807) is 7.11 Å². The lowest BCUT2D eigenvalue weighted by Gasteiger charge is -2.34. The van der Waals surface area contributed by atoms with E-state index in [0.717, 1.165) is 41.9 Å². The van der Waals surface area contributed by atoms with Gasteiger partial charge in [-0.2, -0.15) is 5.10 Å². The Morgan fingerprint density at radius 2 is 1.69 bits per heavy atom. The van der Waals surface area contributed by atoms with Gasteiger partial charge in [0.1, 0.15) is 18.5 Å². The van der Waals surface area contributed by atoms with Crippen LogP contribution in [0.4, 0.5) is 0 Å². The first-order valence-corrected chi connectivity index (χ1v) is 10.3. The van der Waals surface area contributed by atoms with Gasteiger partial charge in [0.05, 0.1) is 0 Å². The van der Waals surface area contributed by atoms with E-state index in [9.17, 15) is 0 Å². The molecule has 0 atom stereocenters. The zero-order chi connectivity index (χ0) is 19.7. The Morgan fingerprint density at radius 1 is 1.03 bits per heavy atom. The number of rotatable bonds is 5. The van der Waals surface area contributed by atoms with Crippen LogP contribution < -0.4 is 0 Å². The molecule has 1 aromatic heterocycles. The fourth-order valence-electron chi connectivity index (χ4n) is 4.59. The molecule has 4 heteroatoms. The predicted octanol–water partition coefficient (Wildman–Crippen LogP) is 5.12. The number of aromatic amines is 1. The molecule has 0 aliphatic heterocycles. The Balaban J connectivity index is 1.60. The fourth-order valence-corrected chi connectivity index (χ4v) is 4.59. The third kappa shape index (κ3) is 3.00. The fraction of sp³-hybridized carbons (Fsp3) is 0.280. The number of benzene rings is 2. The van der Waals surface area contributed by atoms with Crippen LogP contribution in [0.1, 0.15) is 47.3 Å². The van der Waals surface area contributed by atoms with E-state index in [1.807, 2.05) is 0 Å². The number of allylic oxidation sites excluding steroid dienone is 1. The van der Waals surface area contributed by atoms with Gasteiger partial charge in [-0.3, -0.25) is 5.10 Å². The van der Waals surface area contributed by atoms with Crippen LogP contribution in [0.3, 0.4) is 0 Å². The van der Waals surface area contributed by atoms with Crippen LogP contribution in [0.5, 0.6) is 0 Å². The minimum Gasteiger partial charge on any atom is -0.399 e. The maximum atomic E-state index is 5.17. The van der Waals surface area contributed by atoms with Crippen LogP contribution in [-0.4, -0.2) is 23.0 Å². The zero-order valence-electron chi connectivity index (χ0n) is 16.6. The number of nitrogens with one attached hydrogen (secondary N) is 1. The van der Waals surface area contributed by atoms with E-state index < -0.39 is 0 Å². The molecule has 3 aromatic rings. The first kappa shape index (κ1) is 17.9. The van der Waals surface area contributed by atoms with Crippen molar-refractivity contribution >= 4 is 11.8 Å². The molecule has 2 aromatic carbocycles. The Kier molecular flexibility index (Phi) is 4.55. The summed E-state index contributed by atoms with van der Waals surface area (Å²) in [5.41, 5.74) is 6.58. The average Bonchev–Trinajstić information content (AvgIpc) is 3.16. The molecule has 5 rings (SSSR count). The molecule has 1 heterocycles. The van der Waals surface area contributed by atoms with Crippen LogP contribution in [0.15, 0.2) is 71.9 Å². The molecule has 0 bridgehead atoms. The van der Waals surface area contributed by atoms with Crippen molar-refractivity contribution in [3.05, 3.63) is 94.8 Å². The highest BCUT2D eigenvalue weighted by Crippen LogP contribution is 2.42. The van der Waals surface area contributed by atoms with Crippen LogP contribution >= 0.6 is 0 Å². The molecule has 1 saturated carbocycles. The lowest BCUT2D eigenvalue weighted by molar-refractivity contribution is 0.208. The second-order valence-electron chi connectivity index (χ2n) is 7.96. The van der Waals surface area contributed by atoms with Gasteiger partial charge in [0.15, 0.2) is 0 Å². The second-order valence-corrected chi connectivity index (χ2v) is 7.96. The van der Waals surface area contributed by atoms with Crippen molar-refractivity contribution in [3.63, 3.8) is 0 Å². The van der Waals surface area contributed by atoms with Crippen LogP contribution in [0.2, 0.25) is 0 Å². The lowest BCUT2D eigenvalue weighted by atomic mass is 9.68. The third-order valence-electron chi connectivity index (χ3n) is 6.37. The van der Waals surface area contributed by atoms with Crippen molar-refractivity contribution in [2.45, 2.75) is 31.1 Å². The summed E-state index contributed by atoms with van der Waals surface area (Å²) in [6.07, 6.45) is 8.97. The standard InChI is InChI=1S/C25H25N3O/c1-29-28-23(18-9-8-10-18)24-21-15-16-25(17-22(21)26-27-24,19-11-4-2-5-12-19)20-13-6-3-7-14-20/h2-7,11-16,18H,8-10,17H2,1H3,(H,26,27)/b28-23+. The molecule has 0 saturated heterocycles. The summed E-state index contributed by atoms with van der Waals surface area (Å²) in [4.78, 5) is 5.17. The number of nitrogens with zero attached hydrogens (tertiary/aromatic N) is 2. The van der Waals surface area contributed by atoms with Crippen molar-refractivity contribution in [2.75, 3.05) is 7.11 Å². The van der Waals surface area contributed by atoms with E-state index in [2.05, 4.69) is 88.2 Å². The molecule has 2 aliphatic rings. The highest BCUT2D eigenvalue weighted by Gasteiger charge is 2.38. The van der Waals surface area contributed by atoms with Gasteiger partial charge in [0.25, 0.3) is 0 Å². The van der Waals surface area contributed by atoms with Crippen LogP contribution in [0.25, 0.3) is 6.08 Å². The molecule has 1 fully saturated rings. The molecule has 0 unspecified atom stereocenters. The van der Waals surface area contributed by atoms with Gasteiger partial charge in [-0.15, -0.1) is 0 Å². The molecule has 146 valence electrons. The summed E-state index contributed by atoms with van der Waals surface area (Å²) < 4.78 is 0. The van der Waals surface area contributed by atoms with E-state index in [4.69, 9.17) is 4.84 Å². The summed E-state index contributed by atoms with van der Waals surface area (Å²) in [7, 11) is 1.61. The first-order chi connectivity index (χ1) is 14.3. The molecule has 0 spiro atoms. The molecule has 0 radical (unpaired) electrons. The van der Waals surface area contributed by atoms with Crippen LogP contribution in [-0.2, 0) is 16.7 Å². The topological polar surface area (TPSA) is 50.3 Å². The number of aromatic nitrogens is 2. The van der Waals surface area contributed by atoms with Gasteiger partial charge >= 0.3 is 0 Å². The highest BCUT2D eigenvalue weighted by atomic mass is 16.6. The highest BCUT2D eigenvalue weighted by molar-refractivity contribution is 6.04. The number of oxime groups is 1. The third-order valence-corrected chi connectivity index (χ3v) is 6.37. The second kappa shape index (κ2) is 7.36. The maximum Gasteiger partial charge on any atom is 0.117 e. The Bertz CT molecular complexity index is 1010. The normalized spacial score (nSPS) is 18.2. The molecule has 1 N–H and O–H groups in total. The van der Waals surface area contributed by atoms with Gasteiger partial charge in [-0.1, -0.05) is 84.4 Å². The van der Waals surface area contributed by atoms with E-state index in [1.165, 1.54) is 17.5 Å². The minimum absolute atomic E-state index is 0.214. The summed E-state index contributed by atoms with van der Waals surface area (Å²) >= 11 is 0. The van der Waals surface area contributed by atoms with Gasteiger partial charge in [0.2, 0.25) is 0 Å². The largest absolute Gasteiger partial charge is 0.399 e. The Labute approximate surface area is 171 Å². The van der Waals surface area contributed by atoms with Crippen molar-refractivity contribution < 1.29 is 4.84 Å². The van der Waals surface area contributed by atoms with Gasteiger partial charge in [0, 0.05) is 29.0 Å². The van der Waals surface area contributed by atoms with E-state index in [0.29, 0.717) is 5.92 Å². The monoisotopic (exact) mass is 383 g/mol. The number of fused-ring (bicyclic) bond motifs is 1. The van der Waals surface area contributed by atoms with Gasteiger partial charge < -0.3 is 4.84 Å². The lowest BCUT2D eigenvalue weighted by Crippen LogP contribution is -2.31. The summed E-state index contributed by atoms with van der Waals surface area (Å²) in [5, 5.41) is 12.4. The molecular weight excluding hydrogens is 358 g/mol. The van der Waals surface area contributed by atoms with Gasteiger partial charge in [-0.05, 0) is 24.0 Å². The van der Waals surface area contributed by atoms with Crippen LogP contribution in [0, 0.1) is 5.92 Å². The van der Waals surface area contributed by atoms with Crippen molar-refractivity contribution in [1.29, 1.82) is 0 Å². The average molecular weight is 383 g/mol. The smallest absolute Gasteiger partial charge is 0.117 e. The SMILES string of the molecule is CO/N=C(/c1n[nH]c2c1C=CC(c1ccccc1)(c1ccccc1)C2)C1CCC1. The number of hydrogen-bond acceptors (Lipinski definition) is 3. The zero-order valence-corrected chi connectivity index (χ0v) is 16.6. The van der Waals surface area contributed by atoms with Crippen molar-refractivity contribution in [2.24, 2.45) is 11.1 Å². The quantitative estimate of drug-likeness (QED) is 0.491. The molecular formula is C25H25N3O. The van der Waals surface area contributed by atoms with Crippen molar-refractivity contribution in [1.82, 2.24) is 10.2 Å². The van der Waals surface area contributed by atoms with E-state index >= 15 is 0 Å². The number of H-pyrrole nitrogens is 1.